The van der Waals surface area contributed by atoms with Crippen molar-refractivity contribution in [2.24, 2.45) is 5.92 Å². The summed E-state index contributed by atoms with van der Waals surface area (Å²) in [6, 6.07) is 15.5. The van der Waals surface area contributed by atoms with Gasteiger partial charge in [-0.3, -0.25) is 14.9 Å². The van der Waals surface area contributed by atoms with Gasteiger partial charge in [-0.15, -0.1) is 0 Å². The molecule has 2 N–H and O–H groups in total. The first-order valence-corrected chi connectivity index (χ1v) is 14.6. The highest BCUT2D eigenvalue weighted by Crippen LogP contribution is 2.37. The molecular formula is C34H45N3O4. The average molecular weight is 560 g/mol. The number of nitrogens with zero attached hydrogens (tertiary/aromatic N) is 2. The van der Waals surface area contributed by atoms with Gasteiger partial charge in [-0.25, -0.2) is 0 Å². The van der Waals surface area contributed by atoms with Crippen molar-refractivity contribution in [1.29, 1.82) is 0 Å². The van der Waals surface area contributed by atoms with Crippen LogP contribution >= 0.6 is 0 Å². The number of carboxylic acids is 1. The van der Waals surface area contributed by atoms with E-state index in [4.69, 9.17) is 4.74 Å². The van der Waals surface area contributed by atoms with Crippen LogP contribution < -0.4 is 10.9 Å². The quantitative estimate of drug-likeness (QED) is 0.263. The van der Waals surface area contributed by atoms with E-state index in [1.54, 1.807) is 6.07 Å². The lowest BCUT2D eigenvalue weighted by Gasteiger charge is -2.23. The fraction of sp³-hybridized carbons (Fsp3) is 0.471. The van der Waals surface area contributed by atoms with Gasteiger partial charge in [0.2, 0.25) is 0 Å². The Bertz CT molecular complexity index is 1410. The van der Waals surface area contributed by atoms with Crippen molar-refractivity contribution < 1.29 is 14.6 Å². The number of aryl methyl sites for hydroxylation is 3. The van der Waals surface area contributed by atoms with Gasteiger partial charge in [-0.1, -0.05) is 50.2 Å². The number of carbonyl (C=O) groups is 1. The van der Waals surface area contributed by atoms with Gasteiger partial charge in [0, 0.05) is 24.8 Å². The Labute approximate surface area is 244 Å². The normalized spacial score (nSPS) is 18.1. The number of epoxide rings is 1. The summed E-state index contributed by atoms with van der Waals surface area (Å²) in [5.74, 6) is -0.525. The highest BCUT2D eigenvalue weighted by atomic mass is 16.6. The van der Waals surface area contributed by atoms with E-state index in [0.717, 1.165) is 41.6 Å². The van der Waals surface area contributed by atoms with Crippen molar-refractivity contribution in [2.45, 2.75) is 78.3 Å². The Balaban J connectivity index is 1.60. The molecule has 0 bridgehead atoms. The number of hydrogen-bond donors (Lipinski definition) is 2. The molecular weight excluding hydrogens is 514 g/mol. The number of likely N-dealkylation sites (N-methyl/N-ethyl adjacent to an activating group) is 1. The number of rotatable bonds is 13. The van der Waals surface area contributed by atoms with Gasteiger partial charge in [-0.05, 0) is 98.6 Å². The van der Waals surface area contributed by atoms with Gasteiger partial charge in [-0.2, -0.15) is 0 Å². The number of aliphatic carboxylic acids is 1. The Morgan fingerprint density at radius 2 is 1.73 bits per heavy atom. The zero-order chi connectivity index (χ0) is 29.8. The summed E-state index contributed by atoms with van der Waals surface area (Å²) >= 11 is 0. The lowest BCUT2D eigenvalue weighted by atomic mass is 9.92. The van der Waals surface area contributed by atoms with Crippen LogP contribution in [-0.4, -0.2) is 53.5 Å². The monoisotopic (exact) mass is 559 g/mol. The maximum atomic E-state index is 13.2. The molecule has 0 radical (unpaired) electrons. The van der Waals surface area contributed by atoms with E-state index in [1.165, 1.54) is 16.7 Å². The van der Waals surface area contributed by atoms with Gasteiger partial charge < -0.3 is 19.3 Å². The molecule has 2 aromatic carbocycles. The topological polar surface area (TPSA) is 87.1 Å². The second-order valence-corrected chi connectivity index (χ2v) is 12.2. The lowest BCUT2D eigenvalue weighted by Crippen LogP contribution is -2.34. The van der Waals surface area contributed by atoms with Crippen LogP contribution in [0.4, 0.5) is 0 Å². The molecule has 41 heavy (non-hydrogen) atoms. The largest absolute Gasteiger partial charge is 0.481 e. The molecule has 2 heterocycles. The third kappa shape index (κ3) is 7.73. The minimum Gasteiger partial charge on any atom is -0.481 e. The summed E-state index contributed by atoms with van der Waals surface area (Å²) in [6.45, 7) is 11.4. The molecule has 0 amide bonds. The number of nitrogens with one attached hydrogen (secondary N) is 1. The molecule has 0 aliphatic carbocycles. The first-order valence-electron chi connectivity index (χ1n) is 14.6. The van der Waals surface area contributed by atoms with Crippen LogP contribution in [0.3, 0.4) is 0 Å². The fourth-order valence-electron chi connectivity index (χ4n) is 5.82. The van der Waals surface area contributed by atoms with Crippen molar-refractivity contribution in [3.63, 3.8) is 0 Å². The van der Waals surface area contributed by atoms with E-state index in [9.17, 15) is 14.7 Å². The van der Waals surface area contributed by atoms with Crippen LogP contribution in [0.5, 0.6) is 0 Å². The van der Waals surface area contributed by atoms with Crippen molar-refractivity contribution in [3.05, 3.63) is 92.9 Å². The summed E-state index contributed by atoms with van der Waals surface area (Å²) in [7, 11) is 4.10. The summed E-state index contributed by atoms with van der Waals surface area (Å²) in [4.78, 5) is 27.3. The van der Waals surface area contributed by atoms with E-state index in [1.807, 2.05) is 43.9 Å². The standard InChI is InChI=1S/C34H45N3O4/c1-21(2)16-29(37-20-27(14-15-36(6)7)24(5)17-30(37)38)33-34(41-33)35-28(19-31(39)40)25-12-9-13-26(18-25)32-22(3)10-8-11-23(32)4/h8-13,17-18,20-21,28-29,33-35H,14-16,19H2,1-7H3,(H,39,40)/t28-,29?,33?,34?/m0/s1. The van der Waals surface area contributed by atoms with Crippen LogP contribution in [0.1, 0.15) is 66.6 Å². The Morgan fingerprint density at radius 3 is 2.37 bits per heavy atom. The molecule has 0 spiro atoms. The Morgan fingerprint density at radius 1 is 1.05 bits per heavy atom. The molecule has 4 rings (SSSR count). The van der Waals surface area contributed by atoms with Gasteiger partial charge in [0.1, 0.15) is 12.3 Å². The van der Waals surface area contributed by atoms with E-state index < -0.39 is 12.0 Å². The van der Waals surface area contributed by atoms with Gasteiger partial charge in [0.15, 0.2) is 0 Å². The number of hydrogen-bond acceptors (Lipinski definition) is 5. The second kappa shape index (κ2) is 13.1. The van der Waals surface area contributed by atoms with E-state index in [-0.39, 0.29) is 30.4 Å². The number of benzene rings is 2. The van der Waals surface area contributed by atoms with Gasteiger partial charge in [0.25, 0.3) is 5.56 Å². The molecule has 7 nitrogen and oxygen atoms in total. The lowest BCUT2D eigenvalue weighted by molar-refractivity contribution is -0.137. The summed E-state index contributed by atoms with van der Waals surface area (Å²) in [5.41, 5.74) is 7.64. The molecule has 4 atom stereocenters. The van der Waals surface area contributed by atoms with E-state index >= 15 is 0 Å². The molecule has 1 aliphatic rings. The van der Waals surface area contributed by atoms with Crippen molar-refractivity contribution in [2.75, 3.05) is 20.6 Å². The minimum absolute atomic E-state index is 0.0283. The molecule has 3 unspecified atom stereocenters. The van der Waals surface area contributed by atoms with Crippen LogP contribution in [0.2, 0.25) is 0 Å². The van der Waals surface area contributed by atoms with Gasteiger partial charge in [0.05, 0.1) is 12.5 Å². The molecule has 7 heteroatoms. The number of carboxylic acid groups (broad SMARTS) is 1. The first-order chi connectivity index (χ1) is 19.4. The molecule has 1 saturated heterocycles. The first kappa shape index (κ1) is 30.7. The average Bonchev–Trinajstić information content (AvgIpc) is 3.65. The molecule has 1 aromatic heterocycles. The molecule has 1 aliphatic heterocycles. The molecule has 0 saturated carbocycles. The second-order valence-electron chi connectivity index (χ2n) is 12.2. The fourth-order valence-corrected chi connectivity index (χ4v) is 5.82. The third-order valence-electron chi connectivity index (χ3n) is 8.00. The Hall–Kier alpha value is -3.26. The zero-order valence-electron chi connectivity index (χ0n) is 25.5. The van der Waals surface area contributed by atoms with Crippen LogP contribution in [0.25, 0.3) is 11.1 Å². The van der Waals surface area contributed by atoms with Crippen molar-refractivity contribution >= 4 is 5.97 Å². The van der Waals surface area contributed by atoms with E-state index in [2.05, 4.69) is 68.2 Å². The molecule has 3 aromatic rings. The Kier molecular flexibility index (Phi) is 9.84. The highest BCUT2D eigenvalue weighted by molar-refractivity contribution is 5.72. The van der Waals surface area contributed by atoms with E-state index in [0.29, 0.717) is 5.92 Å². The number of pyridine rings is 1. The van der Waals surface area contributed by atoms with Crippen molar-refractivity contribution in [1.82, 2.24) is 14.8 Å². The van der Waals surface area contributed by atoms with Crippen LogP contribution in [0.15, 0.2) is 59.5 Å². The predicted molar refractivity (Wildman–Crippen MR) is 164 cm³/mol. The minimum atomic E-state index is -0.879. The number of aromatic nitrogens is 1. The smallest absolute Gasteiger partial charge is 0.305 e. The maximum absolute atomic E-state index is 13.2. The zero-order valence-corrected chi connectivity index (χ0v) is 25.5. The maximum Gasteiger partial charge on any atom is 0.305 e. The van der Waals surface area contributed by atoms with Crippen LogP contribution in [0, 0.1) is 26.7 Å². The third-order valence-corrected chi connectivity index (χ3v) is 8.00. The molecule has 220 valence electrons. The summed E-state index contributed by atoms with van der Waals surface area (Å²) in [6.07, 6.45) is 3.01. The van der Waals surface area contributed by atoms with Crippen molar-refractivity contribution in [3.8, 4) is 11.1 Å². The van der Waals surface area contributed by atoms with Gasteiger partial charge >= 0.3 is 5.97 Å². The highest BCUT2D eigenvalue weighted by Gasteiger charge is 2.47. The SMILES string of the molecule is Cc1cc(=O)n(C(CC(C)C)C2OC2N[C@@H](CC(=O)O)c2cccc(-c3c(C)cccc3C)c2)cc1CCN(C)C. The van der Waals surface area contributed by atoms with Crippen LogP contribution in [-0.2, 0) is 16.0 Å². The predicted octanol–water partition coefficient (Wildman–Crippen LogP) is 5.66. The summed E-state index contributed by atoms with van der Waals surface area (Å²) < 4.78 is 8.02. The summed E-state index contributed by atoms with van der Waals surface area (Å²) in [5, 5.41) is 13.3. The number of ether oxygens (including phenoxy) is 1. The molecule has 1 fully saturated rings.